The molecule has 5 N–H and O–H groups in total. The SMILES string of the molecule is NCc1cc2cc(S(N)(=O)=O)ccc2[nH]1. The average molecular weight is 225 g/mol. The lowest BCUT2D eigenvalue weighted by atomic mass is 10.2. The van der Waals surface area contributed by atoms with Crippen molar-refractivity contribution in [1.29, 1.82) is 0 Å². The van der Waals surface area contributed by atoms with Gasteiger partial charge in [-0.25, -0.2) is 13.6 Å². The molecule has 0 fully saturated rings. The van der Waals surface area contributed by atoms with Crippen LogP contribution in [0.1, 0.15) is 5.69 Å². The lowest BCUT2D eigenvalue weighted by Crippen LogP contribution is -2.11. The molecule has 5 nitrogen and oxygen atoms in total. The van der Waals surface area contributed by atoms with Crippen LogP contribution in [0.2, 0.25) is 0 Å². The van der Waals surface area contributed by atoms with Crippen LogP contribution >= 0.6 is 0 Å². The maximum atomic E-state index is 11.1. The molecule has 0 saturated heterocycles. The maximum Gasteiger partial charge on any atom is 0.238 e. The molecule has 0 unspecified atom stereocenters. The van der Waals surface area contributed by atoms with Gasteiger partial charge in [-0.3, -0.25) is 0 Å². The minimum Gasteiger partial charge on any atom is -0.357 e. The molecule has 1 heterocycles. The summed E-state index contributed by atoms with van der Waals surface area (Å²) in [7, 11) is -3.64. The van der Waals surface area contributed by atoms with Crippen LogP contribution in [0.25, 0.3) is 10.9 Å². The van der Waals surface area contributed by atoms with Crippen LogP contribution in [0.5, 0.6) is 0 Å². The highest BCUT2D eigenvalue weighted by molar-refractivity contribution is 7.89. The van der Waals surface area contributed by atoms with E-state index in [1.54, 1.807) is 6.07 Å². The Morgan fingerprint density at radius 1 is 1.27 bits per heavy atom. The zero-order chi connectivity index (χ0) is 11.1. The molecule has 1 aromatic carbocycles. The van der Waals surface area contributed by atoms with E-state index in [0.717, 1.165) is 16.6 Å². The normalized spacial score (nSPS) is 12.1. The van der Waals surface area contributed by atoms with E-state index >= 15 is 0 Å². The maximum absolute atomic E-state index is 11.1. The Morgan fingerprint density at radius 3 is 2.60 bits per heavy atom. The highest BCUT2D eigenvalue weighted by Gasteiger charge is 2.09. The highest BCUT2D eigenvalue weighted by Crippen LogP contribution is 2.19. The van der Waals surface area contributed by atoms with Crippen molar-refractivity contribution in [2.75, 3.05) is 0 Å². The Bertz CT molecular complexity index is 601. The second-order valence-electron chi connectivity index (χ2n) is 3.29. The number of nitrogens with two attached hydrogens (primary N) is 2. The molecule has 0 saturated carbocycles. The Morgan fingerprint density at radius 2 is 2.00 bits per heavy atom. The summed E-state index contributed by atoms with van der Waals surface area (Å²) in [5.41, 5.74) is 7.17. The molecule has 80 valence electrons. The summed E-state index contributed by atoms with van der Waals surface area (Å²) in [6.45, 7) is 0.388. The van der Waals surface area contributed by atoms with E-state index in [9.17, 15) is 8.42 Å². The van der Waals surface area contributed by atoms with Crippen molar-refractivity contribution >= 4 is 20.9 Å². The van der Waals surface area contributed by atoms with Gasteiger partial charge in [0.1, 0.15) is 0 Å². The van der Waals surface area contributed by atoms with Crippen molar-refractivity contribution in [1.82, 2.24) is 4.98 Å². The average Bonchev–Trinajstić information content (AvgIpc) is 2.57. The van der Waals surface area contributed by atoms with Crippen LogP contribution in [-0.2, 0) is 16.6 Å². The third-order valence-corrected chi connectivity index (χ3v) is 3.11. The Balaban J connectivity index is 2.66. The van der Waals surface area contributed by atoms with Crippen LogP contribution in [0.3, 0.4) is 0 Å². The van der Waals surface area contributed by atoms with Gasteiger partial charge in [0.25, 0.3) is 0 Å². The van der Waals surface area contributed by atoms with Crippen LogP contribution in [0.15, 0.2) is 29.2 Å². The number of primary sulfonamides is 1. The number of hydrogen-bond acceptors (Lipinski definition) is 3. The van der Waals surface area contributed by atoms with Crippen LogP contribution < -0.4 is 10.9 Å². The van der Waals surface area contributed by atoms with E-state index in [4.69, 9.17) is 10.9 Å². The van der Waals surface area contributed by atoms with E-state index in [2.05, 4.69) is 4.98 Å². The molecule has 0 aliphatic rings. The Kier molecular flexibility index (Phi) is 2.26. The Labute approximate surface area is 87.1 Å². The number of rotatable bonds is 2. The molecule has 2 aromatic rings. The summed E-state index contributed by atoms with van der Waals surface area (Å²) < 4.78 is 22.2. The van der Waals surface area contributed by atoms with E-state index < -0.39 is 10.0 Å². The third-order valence-electron chi connectivity index (χ3n) is 2.20. The molecule has 0 aliphatic heterocycles. The first-order valence-corrected chi connectivity index (χ1v) is 5.90. The second-order valence-corrected chi connectivity index (χ2v) is 4.85. The van der Waals surface area contributed by atoms with Crippen molar-refractivity contribution in [2.24, 2.45) is 10.9 Å². The van der Waals surface area contributed by atoms with Crippen LogP contribution in [-0.4, -0.2) is 13.4 Å². The van der Waals surface area contributed by atoms with Crippen molar-refractivity contribution in [2.45, 2.75) is 11.4 Å². The summed E-state index contributed by atoms with van der Waals surface area (Å²) in [5, 5.41) is 5.82. The lowest BCUT2D eigenvalue weighted by molar-refractivity contribution is 0.598. The predicted octanol–water partition coefficient (Wildman–Crippen LogP) is 0.274. The summed E-state index contributed by atoms with van der Waals surface area (Å²) in [6.07, 6.45) is 0. The molecule has 0 atom stereocenters. The zero-order valence-electron chi connectivity index (χ0n) is 7.90. The fourth-order valence-electron chi connectivity index (χ4n) is 1.46. The van der Waals surface area contributed by atoms with Gasteiger partial charge in [0, 0.05) is 23.1 Å². The summed E-state index contributed by atoms with van der Waals surface area (Å²) >= 11 is 0. The number of sulfonamides is 1. The first kappa shape index (κ1) is 10.2. The zero-order valence-corrected chi connectivity index (χ0v) is 8.71. The molecule has 0 bridgehead atoms. The summed E-state index contributed by atoms with van der Waals surface area (Å²) in [4.78, 5) is 3.17. The van der Waals surface area contributed by atoms with Gasteiger partial charge in [-0.1, -0.05) is 0 Å². The van der Waals surface area contributed by atoms with E-state index in [1.165, 1.54) is 12.1 Å². The first-order valence-electron chi connectivity index (χ1n) is 4.35. The number of fused-ring (bicyclic) bond motifs is 1. The lowest BCUT2D eigenvalue weighted by Gasteiger charge is -1.96. The number of aromatic amines is 1. The van der Waals surface area contributed by atoms with Gasteiger partial charge in [0.15, 0.2) is 0 Å². The van der Waals surface area contributed by atoms with E-state index in [0.29, 0.717) is 6.54 Å². The molecule has 2 rings (SSSR count). The molecule has 0 aliphatic carbocycles. The van der Waals surface area contributed by atoms with Gasteiger partial charge in [0.2, 0.25) is 10.0 Å². The molecular formula is C9H11N3O2S. The van der Waals surface area contributed by atoms with Crippen LogP contribution in [0, 0.1) is 0 Å². The van der Waals surface area contributed by atoms with Crippen molar-refractivity contribution in [3.63, 3.8) is 0 Å². The standard InChI is InChI=1S/C9H11N3O2S/c10-5-7-3-6-4-8(15(11,13)14)1-2-9(6)12-7/h1-4,12H,5,10H2,(H2,11,13,14). The van der Waals surface area contributed by atoms with Crippen molar-refractivity contribution in [3.8, 4) is 0 Å². The molecule has 6 heteroatoms. The Hall–Kier alpha value is -1.37. The number of hydrogen-bond donors (Lipinski definition) is 3. The molecule has 0 amide bonds. The van der Waals surface area contributed by atoms with Gasteiger partial charge < -0.3 is 10.7 Å². The number of benzene rings is 1. The van der Waals surface area contributed by atoms with E-state index in [-0.39, 0.29) is 4.90 Å². The first-order chi connectivity index (χ1) is 7.00. The van der Waals surface area contributed by atoms with Gasteiger partial charge in [-0.15, -0.1) is 0 Å². The topological polar surface area (TPSA) is 102 Å². The molecule has 15 heavy (non-hydrogen) atoms. The quantitative estimate of drug-likeness (QED) is 0.683. The smallest absolute Gasteiger partial charge is 0.238 e. The highest BCUT2D eigenvalue weighted by atomic mass is 32.2. The fraction of sp³-hybridized carbons (Fsp3) is 0.111. The number of aromatic nitrogens is 1. The monoisotopic (exact) mass is 225 g/mol. The molecule has 1 aromatic heterocycles. The second kappa shape index (κ2) is 3.34. The molecular weight excluding hydrogens is 214 g/mol. The number of nitrogens with one attached hydrogen (secondary N) is 1. The van der Waals surface area contributed by atoms with Gasteiger partial charge in [0.05, 0.1) is 4.90 Å². The van der Waals surface area contributed by atoms with Crippen molar-refractivity contribution < 1.29 is 8.42 Å². The fourth-order valence-corrected chi connectivity index (χ4v) is 2.01. The largest absolute Gasteiger partial charge is 0.357 e. The molecule has 0 spiro atoms. The van der Waals surface area contributed by atoms with Crippen molar-refractivity contribution in [3.05, 3.63) is 30.0 Å². The summed E-state index contributed by atoms with van der Waals surface area (Å²) in [6, 6.07) is 6.48. The summed E-state index contributed by atoms with van der Waals surface area (Å²) in [5.74, 6) is 0. The predicted molar refractivity (Wildman–Crippen MR) is 57.6 cm³/mol. The number of H-pyrrole nitrogens is 1. The van der Waals surface area contributed by atoms with E-state index in [1.807, 2.05) is 6.07 Å². The van der Waals surface area contributed by atoms with Gasteiger partial charge >= 0.3 is 0 Å². The van der Waals surface area contributed by atoms with Gasteiger partial charge in [-0.05, 0) is 24.3 Å². The minimum atomic E-state index is -3.64. The third kappa shape index (κ3) is 1.87. The minimum absolute atomic E-state index is 0.109. The van der Waals surface area contributed by atoms with Crippen LogP contribution in [0.4, 0.5) is 0 Å². The molecule has 0 radical (unpaired) electrons. The van der Waals surface area contributed by atoms with Gasteiger partial charge in [-0.2, -0.15) is 0 Å².